The summed E-state index contributed by atoms with van der Waals surface area (Å²) in [5.41, 5.74) is 3.14. The minimum Gasteiger partial charge on any atom is -0.309 e. The van der Waals surface area contributed by atoms with E-state index in [-0.39, 0.29) is 0 Å². The van der Waals surface area contributed by atoms with Gasteiger partial charge in [0.1, 0.15) is 0 Å². The predicted molar refractivity (Wildman–Crippen MR) is 105 cm³/mol. The molecule has 0 spiro atoms. The Morgan fingerprint density at radius 1 is 0.556 bits per heavy atom. The average molecular weight is 363 g/mol. The van der Waals surface area contributed by atoms with Crippen LogP contribution in [0.2, 0.25) is 0 Å². The predicted octanol–water partition coefficient (Wildman–Crippen LogP) is 4.47. The largest absolute Gasteiger partial charge is 0.351 e. The Balaban J connectivity index is 1.70. The van der Waals surface area contributed by atoms with Gasteiger partial charge in [0.05, 0.1) is 19.8 Å². The molecule has 3 aromatic carbocycles. The van der Waals surface area contributed by atoms with Gasteiger partial charge < -0.3 is 14.2 Å². The molecule has 3 aromatic rings. The average Bonchev–Trinajstić information content (AvgIpc) is 2.76. The molecule has 0 bridgehead atoms. The van der Waals surface area contributed by atoms with Gasteiger partial charge in [-0.25, -0.2) is 5.32 Å². The molecule has 0 amide bonds. The van der Waals surface area contributed by atoms with Crippen LogP contribution in [0.3, 0.4) is 0 Å². The van der Waals surface area contributed by atoms with E-state index in [2.05, 4.69) is 5.32 Å². The number of hydrogen-bond donors (Lipinski definition) is 1. The first-order valence-electron chi connectivity index (χ1n) is 9.02. The van der Waals surface area contributed by atoms with E-state index in [4.69, 9.17) is 14.2 Å². The van der Waals surface area contributed by atoms with Crippen LogP contribution in [-0.2, 0) is 34.0 Å². The van der Waals surface area contributed by atoms with Crippen LogP contribution in [0, 0.1) is 0 Å². The van der Waals surface area contributed by atoms with E-state index in [1.807, 2.05) is 91.0 Å². The van der Waals surface area contributed by atoms with Gasteiger partial charge in [0.25, 0.3) is 0 Å². The Labute approximate surface area is 160 Å². The summed E-state index contributed by atoms with van der Waals surface area (Å²) in [5, 5.41) is 3.06. The van der Waals surface area contributed by atoms with Crippen molar-refractivity contribution in [3.63, 3.8) is 0 Å². The van der Waals surface area contributed by atoms with E-state index in [1.54, 1.807) is 7.05 Å². The SMILES string of the molecule is CNC(OCc1ccccc1)(OCc1ccccc1)OCc1ccccc1. The Bertz CT molecular complexity index is 672. The van der Waals surface area contributed by atoms with Gasteiger partial charge >= 0.3 is 6.10 Å². The molecule has 0 saturated carbocycles. The highest BCUT2D eigenvalue weighted by molar-refractivity contribution is 5.15. The summed E-state index contributed by atoms with van der Waals surface area (Å²) in [4.78, 5) is 0. The molecule has 27 heavy (non-hydrogen) atoms. The van der Waals surface area contributed by atoms with Crippen molar-refractivity contribution in [2.24, 2.45) is 0 Å². The van der Waals surface area contributed by atoms with Crippen molar-refractivity contribution in [1.29, 1.82) is 0 Å². The van der Waals surface area contributed by atoms with Crippen LogP contribution in [0.5, 0.6) is 0 Å². The van der Waals surface area contributed by atoms with Gasteiger partial charge in [0.15, 0.2) is 0 Å². The number of nitrogens with one attached hydrogen (secondary N) is 1. The van der Waals surface area contributed by atoms with Crippen molar-refractivity contribution >= 4 is 0 Å². The smallest absolute Gasteiger partial charge is 0.309 e. The van der Waals surface area contributed by atoms with Crippen LogP contribution >= 0.6 is 0 Å². The third kappa shape index (κ3) is 6.01. The highest BCUT2D eigenvalue weighted by atomic mass is 16.9. The molecule has 0 radical (unpaired) electrons. The molecule has 4 heteroatoms. The van der Waals surface area contributed by atoms with Gasteiger partial charge in [0.2, 0.25) is 0 Å². The molecule has 0 heterocycles. The Morgan fingerprint density at radius 3 is 1.11 bits per heavy atom. The van der Waals surface area contributed by atoms with Crippen molar-refractivity contribution in [3.8, 4) is 0 Å². The summed E-state index contributed by atoms with van der Waals surface area (Å²) in [6, 6.07) is 29.9. The molecular weight excluding hydrogens is 338 g/mol. The first-order valence-corrected chi connectivity index (χ1v) is 9.02. The molecule has 0 unspecified atom stereocenters. The zero-order chi connectivity index (χ0) is 18.8. The van der Waals surface area contributed by atoms with E-state index in [1.165, 1.54) is 0 Å². The van der Waals surface area contributed by atoms with Crippen LogP contribution in [0.15, 0.2) is 91.0 Å². The van der Waals surface area contributed by atoms with Crippen molar-refractivity contribution in [3.05, 3.63) is 108 Å². The number of hydrogen-bond acceptors (Lipinski definition) is 4. The fraction of sp³-hybridized carbons (Fsp3) is 0.217. The third-order valence-electron chi connectivity index (χ3n) is 4.12. The van der Waals surface area contributed by atoms with Crippen LogP contribution in [0.25, 0.3) is 0 Å². The Kier molecular flexibility index (Phi) is 7.13. The molecule has 0 atom stereocenters. The van der Waals surface area contributed by atoms with Crippen molar-refractivity contribution in [1.82, 2.24) is 5.32 Å². The molecule has 0 saturated heterocycles. The second-order valence-corrected chi connectivity index (χ2v) is 6.13. The second-order valence-electron chi connectivity index (χ2n) is 6.13. The van der Waals surface area contributed by atoms with Gasteiger partial charge in [-0.1, -0.05) is 91.0 Å². The van der Waals surface area contributed by atoms with Gasteiger partial charge in [-0.05, 0) is 23.7 Å². The van der Waals surface area contributed by atoms with E-state index in [0.717, 1.165) is 16.7 Å². The summed E-state index contributed by atoms with van der Waals surface area (Å²) in [6.07, 6.45) is -1.35. The molecule has 0 aliphatic carbocycles. The van der Waals surface area contributed by atoms with Crippen LogP contribution in [0.4, 0.5) is 0 Å². The topological polar surface area (TPSA) is 39.7 Å². The fourth-order valence-electron chi connectivity index (χ4n) is 2.60. The maximum Gasteiger partial charge on any atom is 0.351 e. The number of ether oxygens (including phenoxy) is 3. The molecule has 140 valence electrons. The Hall–Kier alpha value is -2.50. The maximum atomic E-state index is 6.05. The third-order valence-corrected chi connectivity index (χ3v) is 4.12. The zero-order valence-electron chi connectivity index (χ0n) is 15.5. The second kappa shape index (κ2) is 10.00. The summed E-state index contributed by atoms with van der Waals surface area (Å²) in [5.74, 6) is 0. The van der Waals surface area contributed by atoms with Crippen LogP contribution in [0.1, 0.15) is 16.7 Å². The lowest BCUT2D eigenvalue weighted by atomic mass is 10.2. The standard InChI is InChI=1S/C23H25NO3/c1-24-23(25-17-20-11-5-2-6-12-20,26-18-21-13-7-3-8-14-21)27-19-22-15-9-4-10-16-22/h2-16,24H,17-19H2,1H3. The summed E-state index contributed by atoms with van der Waals surface area (Å²) >= 11 is 0. The fourth-order valence-corrected chi connectivity index (χ4v) is 2.60. The van der Waals surface area contributed by atoms with Gasteiger partial charge in [0, 0.05) is 0 Å². The van der Waals surface area contributed by atoms with Crippen LogP contribution < -0.4 is 5.32 Å². The maximum absolute atomic E-state index is 6.05. The van der Waals surface area contributed by atoms with Crippen molar-refractivity contribution in [2.75, 3.05) is 7.05 Å². The molecule has 3 rings (SSSR count). The molecule has 0 aromatic heterocycles. The molecule has 0 aliphatic rings. The van der Waals surface area contributed by atoms with E-state index in [9.17, 15) is 0 Å². The number of benzene rings is 3. The number of rotatable bonds is 10. The lowest BCUT2D eigenvalue weighted by Gasteiger charge is -2.32. The Morgan fingerprint density at radius 2 is 0.852 bits per heavy atom. The minimum absolute atomic E-state index is 0.366. The van der Waals surface area contributed by atoms with Gasteiger partial charge in [-0.3, -0.25) is 0 Å². The lowest BCUT2D eigenvalue weighted by Crippen LogP contribution is -2.50. The summed E-state index contributed by atoms with van der Waals surface area (Å²) in [6.45, 7) is 1.10. The highest BCUT2D eigenvalue weighted by Gasteiger charge is 2.32. The first-order chi connectivity index (χ1) is 13.3. The van der Waals surface area contributed by atoms with Gasteiger partial charge in [-0.2, -0.15) is 0 Å². The lowest BCUT2D eigenvalue weighted by molar-refractivity contribution is -0.408. The van der Waals surface area contributed by atoms with E-state index >= 15 is 0 Å². The molecular formula is C23H25NO3. The van der Waals surface area contributed by atoms with Crippen LogP contribution in [-0.4, -0.2) is 13.1 Å². The zero-order valence-corrected chi connectivity index (χ0v) is 15.5. The molecule has 0 aliphatic heterocycles. The summed E-state index contributed by atoms with van der Waals surface area (Å²) < 4.78 is 18.2. The van der Waals surface area contributed by atoms with Gasteiger partial charge in [-0.15, -0.1) is 0 Å². The first kappa shape index (κ1) is 19.3. The monoisotopic (exact) mass is 363 g/mol. The molecule has 1 N–H and O–H groups in total. The summed E-state index contributed by atoms with van der Waals surface area (Å²) in [7, 11) is 1.76. The highest BCUT2D eigenvalue weighted by Crippen LogP contribution is 2.19. The normalized spacial score (nSPS) is 11.4. The molecule has 4 nitrogen and oxygen atoms in total. The minimum atomic E-state index is -1.35. The van der Waals surface area contributed by atoms with Crippen molar-refractivity contribution in [2.45, 2.75) is 25.9 Å². The van der Waals surface area contributed by atoms with E-state index in [0.29, 0.717) is 19.8 Å². The quantitative estimate of drug-likeness (QED) is 0.540. The van der Waals surface area contributed by atoms with Crippen molar-refractivity contribution < 1.29 is 14.2 Å². The van der Waals surface area contributed by atoms with E-state index < -0.39 is 6.10 Å². The molecule has 0 fully saturated rings.